The molecule has 246 valence electrons. The van der Waals surface area contributed by atoms with Crippen molar-refractivity contribution in [2.24, 2.45) is 11.8 Å². The molecule has 2 aromatic heterocycles. The summed E-state index contributed by atoms with van der Waals surface area (Å²) < 4.78 is 5.82. The van der Waals surface area contributed by atoms with E-state index in [1.165, 1.54) is 16.2 Å². The van der Waals surface area contributed by atoms with Crippen molar-refractivity contribution in [2.45, 2.75) is 58.9 Å². The second-order valence-corrected chi connectivity index (χ2v) is 14.6. The number of ether oxygens (including phenoxy) is 1. The van der Waals surface area contributed by atoms with Crippen LogP contribution in [0, 0.1) is 11.8 Å². The van der Waals surface area contributed by atoms with Crippen LogP contribution in [0.2, 0.25) is 0 Å². The summed E-state index contributed by atoms with van der Waals surface area (Å²) in [5.74, 6) is -0.110. The summed E-state index contributed by atoms with van der Waals surface area (Å²) in [5, 5.41) is 12.2. The van der Waals surface area contributed by atoms with Crippen LogP contribution in [0.3, 0.4) is 0 Å². The first-order chi connectivity index (χ1) is 22.4. The van der Waals surface area contributed by atoms with E-state index in [4.69, 9.17) is 4.74 Å². The quantitative estimate of drug-likeness (QED) is 0.179. The Morgan fingerprint density at radius 1 is 0.936 bits per heavy atom. The minimum atomic E-state index is -0.922. The van der Waals surface area contributed by atoms with Crippen molar-refractivity contribution in [3.8, 4) is 28.3 Å². The number of benzene rings is 2. The first-order valence-electron chi connectivity index (χ1n) is 15.9. The van der Waals surface area contributed by atoms with E-state index in [2.05, 4.69) is 49.9 Å². The molecule has 1 atom stereocenters. The Morgan fingerprint density at radius 2 is 1.57 bits per heavy atom. The predicted octanol–water partition coefficient (Wildman–Crippen LogP) is 6.48. The molecule has 1 aliphatic heterocycles. The molecule has 5 rings (SSSR count). The third kappa shape index (κ3) is 8.62. The molecule has 0 spiro atoms. The lowest BCUT2D eigenvalue weighted by atomic mass is 9.95. The molecule has 1 aliphatic rings. The Kier molecular flexibility index (Phi) is 10.4. The zero-order valence-corrected chi connectivity index (χ0v) is 28.3. The lowest BCUT2D eigenvalue weighted by molar-refractivity contribution is -0.153. The number of carbonyl (C=O) groups excluding carboxylic acids is 2. The van der Waals surface area contributed by atoms with E-state index in [0.717, 1.165) is 39.3 Å². The number of nitrogens with zero attached hydrogens (tertiary/aromatic N) is 3. The molecule has 0 aliphatic carbocycles. The Balaban J connectivity index is 1.25. The summed E-state index contributed by atoms with van der Waals surface area (Å²) in [6.07, 6.45) is 4.85. The zero-order chi connectivity index (χ0) is 33.7. The molecule has 2 aromatic carbocycles. The van der Waals surface area contributed by atoms with E-state index in [0.29, 0.717) is 23.2 Å². The van der Waals surface area contributed by atoms with Gasteiger partial charge in [-0.3, -0.25) is 14.4 Å². The number of carboxylic acids is 1. The maximum absolute atomic E-state index is 13.5. The minimum absolute atomic E-state index is 0.0959. The number of amides is 2. The molecule has 2 N–H and O–H groups in total. The molecule has 10 heteroatoms. The minimum Gasteiger partial charge on any atom is -0.494 e. The maximum Gasteiger partial charge on any atom is 0.310 e. The summed E-state index contributed by atoms with van der Waals surface area (Å²) in [4.78, 5) is 50.3. The highest BCUT2D eigenvalue weighted by molar-refractivity contribution is 7.14. The monoisotopic (exact) mass is 654 g/mol. The number of likely N-dealkylation sites (tertiary alicyclic amines) is 1. The summed E-state index contributed by atoms with van der Waals surface area (Å²) in [5.41, 5.74) is 3.46. The first-order valence-corrected chi connectivity index (χ1v) is 16.8. The summed E-state index contributed by atoms with van der Waals surface area (Å²) in [6, 6.07) is 18.4. The number of aliphatic carboxylic acids is 1. The number of rotatable bonds is 12. The standard InChI is InChI=1S/C37H42N4O5S/c1-23(2)16-17-46-29-12-10-25(11-13-29)27-19-38-33(39-20-27)26-8-6-24(7-9-26)18-30(35(43)41-21-28(22-41)36(44)45)40-34(42)31-14-15-32(47-31)37(3,4)5/h6-15,19-20,23,28,30H,16-18,21-22H2,1-5H3,(H,40,42)(H,44,45). The normalized spacial score (nSPS) is 14.0. The molecular weight excluding hydrogens is 612 g/mol. The highest BCUT2D eigenvalue weighted by Gasteiger charge is 2.39. The van der Waals surface area contributed by atoms with E-state index in [1.807, 2.05) is 54.6 Å². The van der Waals surface area contributed by atoms with Crippen molar-refractivity contribution in [1.82, 2.24) is 20.2 Å². The van der Waals surface area contributed by atoms with Gasteiger partial charge in [-0.15, -0.1) is 11.3 Å². The van der Waals surface area contributed by atoms with Crippen molar-refractivity contribution in [1.29, 1.82) is 0 Å². The van der Waals surface area contributed by atoms with Gasteiger partial charge in [0, 0.05) is 47.9 Å². The van der Waals surface area contributed by atoms with Gasteiger partial charge in [0.1, 0.15) is 11.8 Å². The molecule has 1 saturated heterocycles. The second kappa shape index (κ2) is 14.5. The fraction of sp³-hybridized carbons (Fsp3) is 0.378. The van der Waals surface area contributed by atoms with Crippen LogP contribution >= 0.6 is 11.3 Å². The van der Waals surface area contributed by atoms with Gasteiger partial charge in [0.05, 0.1) is 17.4 Å². The van der Waals surface area contributed by atoms with Gasteiger partial charge >= 0.3 is 5.97 Å². The lowest BCUT2D eigenvalue weighted by Crippen LogP contribution is -2.59. The van der Waals surface area contributed by atoms with Gasteiger partial charge in [0.2, 0.25) is 5.91 Å². The van der Waals surface area contributed by atoms with Crippen molar-refractivity contribution in [3.05, 3.63) is 88.4 Å². The molecule has 0 bridgehead atoms. The lowest BCUT2D eigenvalue weighted by Gasteiger charge is -2.38. The van der Waals surface area contributed by atoms with Crippen LogP contribution < -0.4 is 10.1 Å². The summed E-state index contributed by atoms with van der Waals surface area (Å²) in [7, 11) is 0. The van der Waals surface area contributed by atoms with Gasteiger partial charge in [-0.2, -0.15) is 0 Å². The van der Waals surface area contributed by atoms with Crippen molar-refractivity contribution in [3.63, 3.8) is 0 Å². The summed E-state index contributed by atoms with van der Waals surface area (Å²) in [6.45, 7) is 11.6. The number of carbonyl (C=O) groups is 3. The van der Waals surface area contributed by atoms with Gasteiger partial charge in [-0.25, -0.2) is 9.97 Å². The fourth-order valence-electron chi connectivity index (χ4n) is 5.14. The third-order valence-electron chi connectivity index (χ3n) is 8.17. The molecule has 1 unspecified atom stereocenters. The Morgan fingerprint density at radius 3 is 2.15 bits per heavy atom. The smallest absolute Gasteiger partial charge is 0.310 e. The van der Waals surface area contributed by atoms with Gasteiger partial charge in [0.25, 0.3) is 5.91 Å². The topological polar surface area (TPSA) is 122 Å². The van der Waals surface area contributed by atoms with E-state index < -0.39 is 17.9 Å². The van der Waals surface area contributed by atoms with Crippen molar-refractivity contribution < 1.29 is 24.2 Å². The second-order valence-electron chi connectivity index (χ2n) is 13.5. The Bertz CT molecular complexity index is 1690. The van der Waals surface area contributed by atoms with Gasteiger partial charge in [-0.1, -0.05) is 71.0 Å². The van der Waals surface area contributed by atoms with E-state index in [9.17, 15) is 19.5 Å². The van der Waals surface area contributed by atoms with Crippen molar-refractivity contribution in [2.75, 3.05) is 19.7 Å². The van der Waals surface area contributed by atoms with Crippen LogP contribution in [0.15, 0.2) is 73.1 Å². The number of hydrogen-bond acceptors (Lipinski definition) is 7. The van der Waals surface area contributed by atoms with Crippen LogP contribution in [0.25, 0.3) is 22.5 Å². The van der Waals surface area contributed by atoms with Gasteiger partial charge in [0.15, 0.2) is 5.82 Å². The largest absolute Gasteiger partial charge is 0.494 e. The predicted molar refractivity (Wildman–Crippen MR) is 184 cm³/mol. The van der Waals surface area contributed by atoms with Gasteiger partial charge in [-0.05, 0) is 53.1 Å². The SMILES string of the molecule is CC(C)CCOc1ccc(-c2cnc(-c3ccc(CC(NC(=O)c4ccc(C(C)(C)C)s4)C(=O)N4CC(C(=O)O)C4)cc3)nc2)cc1. The molecule has 47 heavy (non-hydrogen) atoms. The molecular formula is C37H42N4O5S. The molecule has 4 aromatic rings. The number of thiophene rings is 1. The van der Waals surface area contributed by atoms with E-state index in [-0.39, 0.29) is 36.7 Å². The highest BCUT2D eigenvalue weighted by atomic mass is 32.1. The van der Waals surface area contributed by atoms with Crippen molar-refractivity contribution >= 4 is 29.1 Å². The first kappa shape index (κ1) is 33.8. The van der Waals surface area contributed by atoms with Crippen LogP contribution in [0.4, 0.5) is 0 Å². The third-order valence-corrected chi connectivity index (χ3v) is 9.68. The molecule has 3 heterocycles. The Labute approximate surface area is 280 Å². The fourth-order valence-corrected chi connectivity index (χ4v) is 6.10. The molecule has 0 radical (unpaired) electrons. The number of hydrogen-bond donors (Lipinski definition) is 2. The van der Waals surface area contributed by atoms with Crippen LogP contribution in [0.5, 0.6) is 5.75 Å². The number of aromatic nitrogens is 2. The average Bonchev–Trinajstić information content (AvgIpc) is 3.52. The van der Waals surface area contributed by atoms with Crippen LogP contribution in [-0.2, 0) is 21.4 Å². The Hall–Kier alpha value is -4.57. The number of carboxylic acid groups (broad SMARTS) is 1. The van der Waals surface area contributed by atoms with Crippen LogP contribution in [0.1, 0.15) is 61.2 Å². The summed E-state index contributed by atoms with van der Waals surface area (Å²) >= 11 is 1.41. The highest BCUT2D eigenvalue weighted by Crippen LogP contribution is 2.30. The molecule has 2 amide bonds. The molecule has 1 fully saturated rings. The van der Waals surface area contributed by atoms with Crippen LogP contribution in [-0.4, -0.2) is 63.5 Å². The zero-order valence-electron chi connectivity index (χ0n) is 27.5. The average molecular weight is 655 g/mol. The van der Waals surface area contributed by atoms with E-state index in [1.54, 1.807) is 18.5 Å². The van der Waals surface area contributed by atoms with Gasteiger partial charge < -0.3 is 20.1 Å². The molecule has 9 nitrogen and oxygen atoms in total. The van der Waals surface area contributed by atoms with E-state index >= 15 is 0 Å². The maximum atomic E-state index is 13.5. The molecule has 0 saturated carbocycles. The number of nitrogens with one attached hydrogen (secondary N) is 1.